The van der Waals surface area contributed by atoms with E-state index in [4.69, 9.17) is 9.05 Å². The van der Waals surface area contributed by atoms with Crippen LogP contribution < -0.4 is 10.6 Å². The Morgan fingerprint density at radius 2 is 1.48 bits per heavy atom. The molecular formula is C21H32N6O4. The predicted octanol–water partition coefficient (Wildman–Crippen LogP) is 2.49. The Bertz CT molecular complexity index is 890. The van der Waals surface area contributed by atoms with Crippen LogP contribution in [0.25, 0.3) is 0 Å². The van der Waals surface area contributed by atoms with Crippen molar-refractivity contribution in [2.45, 2.75) is 52.5 Å². The number of hydrogen-bond acceptors (Lipinski definition) is 8. The number of hydrogen-bond donors (Lipinski definition) is 2. The molecule has 0 radical (unpaired) electrons. The molecule has 2 N–H and O–H groups in total. The molecule has 2 amide bonds. The predicted molar refractivity (Wildman–Crippen MR) is 116 cm³/mol. The van der Waals surface area contributed by atoms with Crippen molar-refractivity contribution in [1.82, 2.24) is 20.1 Å². The number of aromatic nitrogens is 2. The topological polar surface area (TPSA) is 117 Å². The van der Waals surface area contributed by atoms with E-state index in [-0.39, 0.29) is 42.8 Å². The van der Waals surface area contributed by atoms with Gasteiger partial charge in [-0.15, -0.1) is 0 Å². The fraction of sp³-hybridized carbons (Fsp3) is 0.619. The van der Waals surface area contributed by atoms with Gasteiger partial charge in [-0.2, -0.15) is 0 Å². The molecule has 1 aliphatic rings. The van der Waals surface area contributed by atoms with E-state index in [0.29, 0.717) is 31.4 Å². The van der Waals surface area contributed by atoms with Crippen LogP contribution in [-0.2, 0) is 9.59 Å². The molecule has 3 rings (SSSR count). The first-order chi connectivity index (χ1) is 14.7. The molecule has 1 aliphatic heterocycles. The lowest BCUT2D eigenvalue weighted by Gasteiger charge is -2.39. The van der Waals surface area contributed by atoms with Crippen LogP contribution in [0.2, 0.25) is 0 Å². The summed E-state index contributed by atoms with van der Waals surface area (Å²) in [5, 5.41) is 13.4. The summed E-state index contributed by atoms with van der Waals surface area (Å²) in [7, 11) is 0. The first kappa shape index (κ1) is 23.0. The second-order valence-corrected chi connectivity index (χ2v) is 8.69. The Hall–Kier alpha value is -2.72. The van der Waals surface area contributed by atoms with Crippen molar-refractivity contribution in [2.24, 2.45) is 0 Å². The molecule has 3 heterocycles. The van der Waals surface area contributed by atoms with Gasteiger partial charge in [-0.25, -0.2) is 0 Å². The third-order valence-electron chi connectivity index (χ3n) is 5.33. The van der Waals surface area contributed by atoms with Gasteiger partial charge in [0.25, 0.3) is 0 Å². The number of rotatable bonds is 8. The Morgan fingerprint density at radius 1 is 0.968 bits per heavy atom. The van der Waals surface area contributed by atoms with Crippen LogP contribution in [0.5, 0.6) is 0 Å². The highest BCUT2D eigenvalue weighted by atomic mass is 16.5. The second kappa shape index (κ2) is 10.1. The summed E-state index contributed by atoms with van der Waals surface area (Å²) in [5.41, 5.74) is 1.61. The van der Waals surface area contributed by atoms with Crippen molar-refractivity contribution in [3.8, 4) is 0 Å². The van der Waals surface area contributed by atoms with E-state index in [9.17, 15) is 9.59 Å². The van der Waals surface area contributed by atoms with Crippen LogP contribution in [0, 0.1) is 0 Å². The average Bonchev–Trinajstić information content (AvgIpc) is 3.33. The van der Waals surface area contributed by atoms with E-state index < -0.39 is 0 Å². The van der Waals surface area contributed by atoms with Gasteiger partial charge in [0, 0.05) is 37.8 Å². The van der Waals surface area contributed by atoms with Crippen LogP contribution in [-0.4, -0.2) is 70.7 Å². The smallest absolute Gasteiger partial charge is 0.240 e. The Morgan fingerprint density at radius 3 is 1.94 bits per heavy atom. The van der Waals surface area contributed by atoms with Crippen LogP contribution in [0.15, 0.2) is 21.2 Å². The monoisotopic (exact) mass is 432 g/mol. The zero-order chi connectivity index (χ0) is 22.5. The van der Waals surface area contributed by atoms with Gasteiger partial charge < -0.3 is 9.05 Å². The lowest BCUT2D eigenvalue weighted by atomic mass is 10.1. The third-order valence-corrected chi connectivity index (χ3v) is 5.33. The molecule has 0 aromatic carbocycles. The fourth-order valence-electron chi connectivity index (χ4n) is 3.43. The summed E-state index contributed by atoms with van der Waals surface area (Å²) < 4.78 is 10.3. The molecule has 0 aliphatic carbocycles. The van der Waals surface area contributed by atoms with E-state index in [1.54, 1.807) is 12.1 Å². The molecule has 1 atom stereocenters. The highest BCUT2D eigenvalue weighted by Crippen LogP contribution is 2.19. The molecule has 1 unspecified atom stereocenters. The molecule has 170 valence electrons. The van der Waals surface area contributed by atoms with Gasteiger partial charge in [-0.1, -0.05) is 38.0 Å². The second-order valence-electron chi connectivity index (χ2n) is 8.69. The summed E-state index contributed by atoms with van der Waals surface area (Å²) in [4.78, 5) is 28.9. The molecule has 1 fully saturated rings. The van der Waals surface area contributed by atoms with E-state index in [1.807, 2.05) is 34.6 Å². The van der Waals surface area contributed by atoms with Crippen molar-refractivity contribution < 1.29 is 18.6 Å². The highest BCUT2D eigenvalue weighted by Gasteiger charge is 2.27. The number of piperazine rings is 1. The quantitative estimate of drug-likeness (QED) is 0.653. The standard InChI is InChI=1S/C21H32N6O4/c1-13(2)16-8-20(30-24-16)22-18(28)11-26-6-7-27(15(5)10-26)12-19(29)23-21-9-17(14(3)4)25-31-21/h8-9,13-15H,6-7,10-12H2,1-5H3,(H,22,28)(H,23,29). The van der Waals surface area contributed by atoms with Crippen LogP contribution in [0.4, 0.5) is 11.8 Å². The molecule has 0 spiro atoms. The molecule has 0 saturated carbocycles. The minimum absolute atomic E-state index is 0.131. The number of carbonyl (C=O) groups is 2. The first-order valence-corrected chi connectivity index (χ1v) is 10.7. The Balaban J connectivity index is 1.42. The van der Waals surface area contributed by atoms with E-state index >= 15 is 0 Å². The number of amides is 2. The summed E-state index contributed by atoms with van der Waals surface area (Å²) in [5.74, 6) is 0.921. The summed E-state index contributed by atoms with van der Waals surface area (Å²) in [6.45, 7) is 12.7. The van der Waals surface area contributed by atoms with E-state index in [1.165, 1.54) is 0 Å². The third kappa shape index (κ3) is 6.38. The molecule has 1 saturated heterocycles. The molecule has 0 bridgehead atoms. The maximum Gasteiger partial charge on any atom is 0.240 e. The number of nitrogens with one attached hydrogen (secondary N) is 2. The van der Waals surface area contributed by atoms with Crippen molar-refractivity contribution in [1.29, 1.82) is 0 Å². The van der Waals surface area contributed by atoms with Crippen molar-refractivity contribution in [3.05, 3.63) is 23.5 Å². The summed E-state index contributed by atoms with van der Waals surface area (Å²) in [6, 6.07) is 3.63. The maximum absolute atomic E-state index is 12.4. The van der Waals surface area contributed by atoms with Gasteiger partial charge in [-0.05, 0) is 18.8 Å². The lowest BCUT2D eigenvalue weighted by Crippen LogP contribution is -2.54. The van der Waals surface area contributed by atoms with Crippen molar-refractivity contribution >= 4 is 23.6 Å². The van der Waals surface area contributed by atoms with Gasteiger partial charge >= 0.3 is 0 Å². The SMILES string of the molecule is CC(C)c1cc(NC(=O)CN2CCN(CC(=O)Nc3cc(C(C)C)no3)C(C)C2)on1. The van der Waals surface area contributed by atoms with Crippen LogP contribution in [0.1, 0.15) is 57.8 Å². The van der Waals surface area contributed by atoms with Gasteiger partial charge in [0.1, 0.15) is 0 Å². The molecular weight excluding hydrogens is 400 g/mol. The minimum Gasteiger partial charge on any atom is -0.338 e. The number of nitrogens with zero attached hydrogens (tertiary/aromatic N) is 4. The normalized spacial score (nSPS) is 18.0. The first-order valence-electron chi connectivity index (χ1n) is 10.7. The average molecular weight is 433 g/mol. The number of carbonyl (C=O) groups excluding carboxylic acids is 2. The van der Waals surface area contributed by atoms with Gasteiger partial charge in [-0.3, -0.25) is 30.0 Å². The largest absolute Gasteiger partial charge is 0.338 e. The van der Waals surface area contributed by atoms with Gasteiger partial charge in [0.05, 0.1) is 24.5 Å². The van der Waals surface area contributed by atoms with Crippen LogP contribution in [0.3, 0.4) is 0 Å². The van der Waals surface area contributed by atoms with Crippen molar-refractivity contribution in [3.63, 3.8) is 0 Å². The molecule has 10 nitrogen and oxygen atoms in total. The van der Waals surface area contributed by atoms with Crippen LogP contribution >= 0.6 is 0 Å². The van der Waals surface area contributed by atoms with Crippen molar-refractivity contribution in [2.75, 3.05) is 43.4 Å². The summed E-state index contributed by atoms with van der Waals surface area (Å²) >= 11 is 0. The summed E-state index contributed by atoms with van der Waals surface area (Å²) in [6.07, 6.45) is 0. The highest BCUT2D eigenvalue weighted by molar-refractivity contribution is 5.91. The van der Waals surface area contributed by atoms with E-state index in [2.05, 4.69) is 30.7 Å². The molecule has 31 heavy (non-hydrogen) atoms. The zero-order valence-corrected chi connectivity index (χ0v) is 18.8. The zero-order valence-electron chi connectivity index (χ0n) is 18.8. The Labute approximate surface area is 182 Å². The van der Waals surface area contributed by atoms with Gasteiger partial charge in [0.15, 0.2) is 0 Å². The van der Waals surface area contributed by atoms with Gasteiger partial charge in [0.2, 0.25) is 23.6 Å². The number of anilines is 2. The molecule has 2 aromatic rings. The molecule has 2 aromatic heterocycles. The molecule has 10 heteroatoms. The fourth-order valence-corrected chi connectivity index (χ4v) is 3.43. The Kier molecular flexibility index (Phi) is 7.45. The van der Waals surface area contributed by atoms with E-state index in [0.717, 1.165) is 11.4 Å². The minimum atomic E-state index is -0.143. The maximum atomic E-state index is 12.4. The lowest BCUT2D eigenvalue weighted by molar-refractivity contribution is -0.121.